The number of carbonyl (C=O) groups excluding carboxylic acids is 1. The first kappa shape index (κ1) is 8.73. The molecule has 0 aliphatic heterocycles. The number of nitrogens with one attached hydrogen (secondary N) is 2. The van der Waals surface area contributed by atoms with Crippen LogP contribution in [0.5, 0.6) is 0 Å². The van der Waals surface area contributed by atoms with Crippen molar-refractivity contribution < 1.29 is 4.79 Å². The Bertz CT molecular complexity index is 268. The minimum Gasteiger partial charge on any atom is -0.349 e. The number of hydrogen-bond donors (Lipinski definition) is 3. The highest BCUT2D eigenvalue weighted by Gasteiger charge is 1.99. The second kappa shape index (κ2) is 3.87. The van der Waals surface area contributed by atoms with Gasteiger partial charge in [-0.25, -0.2) is 0 Å². The highest BCUT2D eigenvalue weighted by molar-refractivity contribution is 5.77. The molecule has 66 valence electrons. The molecule has 1 aromatic heterocycles. The highest BCUT2D eigenvalue weighted by Crippen LogP contribution is 1.95. The molecule has 0 atom stereocenters. The molecule has 0 spiro atoms. The van der Waals surface area contributed by atoms with Crippen molar-refractivity contribution in [3.05, 3.63) is 17.5 Å². The average molecular weight is 168 g/mol. The van der Waals surface area contributed by atoms with Crippen molar-refractivity contribution in [1.29, 1.82) is 0 Å². The summed E-state index contributed by atoms with van der Waals surface area (Å²) in [6.07, 6.45) is 0. The van der Waals surface area contributed by atoms with E-state index in [0.717, 1.165) is 11.4 Å². The van der Waals surface area contributed by atoms with E-state index in [1.807, 2.05) is 13.0 Å². The van der Waals surface area contributed by atoms with E-state index in [1.165, 1.54) is 0 Å². The van der Waals surface area contributed by atoms with Crippen LogP contribution in [0.1, 0.15) is 11.4 Å². The van der Waals surface area contributed by atoms with Gasteiger partial charge < -0.3 is 11.1 Å². The zero-order chi connectivity index (χ0) is 8.97. The van der Waals surface area contributed by atoms with Gasteiger partial charge >= 0.3 is 0 Å². The van der Waals surface area contributed by atoms with E-state index in [2.05, 4.69) is 15.5 Å². The zero-order valence-electron chi connectivity index (χ0n) is 6.92. The minimum absolute atomic E-state index is 0.0173. The number of hydrogen-bond acceptors (Lipinski definition) is 3. The molecular weight excluding hydrogens is 156 g/mol. The van der Waals surface area contributed by atoms with Crippen molar-refractivity contribution in [1.82, 2.24) is 15.5 Å². The van der Waals surface area contributed by atoms with Crippen LogP contribution in [-0.4, -0.2) is 22.6 Å². The van der Waals surface area contributed by atoms with Gasteiger partial charge in [-0.2, -0.15) is 5.10 Å². The average Bonchev–Trinajstić information content (AvgIpc) is 2.47. The lowest BCUT2D eigenvalue weighted by Gasteiger charge is -1.98. The van der Waals surface area contributed by atoms with Gasteiger partial charge in [-0.15, -0.1) is 0 Å². The van der Waals surface area contributed by atoms with Gasteiger partial charge in [0.05, 0.1) is 18.8 Å². The fourth-order valence-corrected chi connectivity index (χ4v) is 0.826. The number of aromatic amines is 1. The van der Waals surface area contributed by atoms with Gasteiger partial charge in [0.25, 0.3) is 0 Å². The Kier molecular flexibility index (Phi) is 2.82. The van der Waals surface area contributed by atoms with Gasteiger partial charge in [0.2, 0.25) is 5.91 Å². The van der Waals surface area contributed by atoms with Gasteiger partial charge in [0.15, 0.2) is 0 Å². The molecule has 5 nitrogen and oxygen atoms in total. The van der Waals surface area contributed by atoms with Gasteiger partial charge in [-0.05, 0) is 13.0 Å². The summed E-state index contributed by atoms with van der Waals surface area (Å²) in [5.41, 5.74) is 6.89. The SMILES string of the molecule is Cc1cc(CNC(=O)CN)n[nH]1. The number of aryl methyl sites for hydroxylation is 1. The Labute approximate surface area is 70.3 Å². The van der Waals surface area contributed by atoms with Crippen LogP contribution in [0.4, 0.5) is 0 Å². The van der Waals surface area contributed by atoms with Gasteiger partial charge in [-0.3, -0.25) is 9.89 Å². The number of aromatic nitrogens is 2. The van der Waals surface area contributed by atoms with Crippen LogP contribution in [0, 0.1) is 6.92 Å². The van der Waals surface area contributed by atoms with E-state index >= 15 is 0 Å². The summed E-state index contributed by atoms with van der Waals surface area (Å²) in [6.45, 7) is 2.35. The molecule has 0 unspecified atom stereocenters. The lowest BCUT2D eigenvalue weighted by Crippen LogP contribution is -2.29. The van der Waals surface area contributed by atoms with Crippen molar-refractivity contribution in [2.75, 3.05) is 6.54 Å². The molecule has 12 heavy (non-hydrogen) atoms. The maximum Gasteiger partial charge on any atom is 0.234 e. The fraction of sp³-hybridized carbons (Fsp3) is 0.429. The third kappa shape index (κ3) is 2.35. The lowest BCUT2D eigenvalue weighted by molar-refractivity contribution is -0.119. The van der Waals surface area contributed by atoms with Crippen LogP contribution in [0.25, 0.3) is 0 Å². The summed E-state index contributed by atoms with van der Waals surface area (Å²) in [7, 11) is 0. The van der Waals surface area contributed by atoms with Crippen LogP contribution >= 0.6 is 0 Å². The number of nitrogens with zero attached hydrogens (tertiary/aromatic N) is 1. The molecule has 0 bridgehead atoms. The molecule has 0 aliphatic rings. The Balaban J connectivity index is 2.38. The third-order valence-electron chi connectivity index (χ3n) is 1.41. The molecule has 0 aromatic carbocycles. The smallest absolute Gasteiger partial charge is 0.234 e. The maximum absolute atomic E-state index is 10.7. The molecule has 1 heterocycles. The Morgan fingerprint density at radius 3 is 3.08 bits per heavy atom. The summed E-state index contributed by atoms with van der Waals surface area (Å²) in [5, 5.41) is 9.33. The molecule has 0 fully saturated rings. The van der Waals surface area contributed by atoms with E-state index in [-0.39, 0.29) is 12.5 Å². The van der Waals surface area contributed by atoms with Gasteiger partial charge in [0, 0.05) is 5.69 Å². The molecular formula is C7H12N4O. The predicted molar refractivity (Wildman–Crippen MR) is 44.2 cm³/mol. The van der Waals surface area contributed by atoms with Crippen molar-refractivity contribution >= 4 is 5.91 Å². The topological polar surface area (TPSA) is 83.8 Å². The monoisotopic (exact) mass is 168 g/mol. The molecule has 0 radical (unpaired) electrons. The second-order valence-electron chi connectivity index (χ2n) is 2.52. The van der Waals surface area contributed by atoms with Crippen LogP contribution < -0.4 is 11.1 Å². The predicted octanol–water partition coefficient (Wildman–Crippen LogP) is -0.707. The number of amides is 1. The lowest BCUT2D eigenvalue weighted by atomic mass is 10.4. The number of rotatable bonds is 3. The Hall–Kier alpha value is -1.36. The minimum atomic E-state index is -0.171. The van der Waals surface area contributed by atoms with Gasteiger partial charge in [-0.1, -0.05) is 0 Å². The quantitative estimate of drug-likeness (QED) is 0.557. The van der Waals surface area contributed by atoms with Crippen molar-refractivity contribution in [2.45, 2.75) is 13.5 Å². The van der Waals surface area contributed by atoms with E-state index in [1.54, 1.807) is 0 Å². The van der Waals surface area contributed by atoms with Crippen LogP contribution in [0.15, 0.2) is 6.07 Å². The second-order valence-corrected chi connectivity index (χ2v) is 2.52. The van der Waals surface area contributed by atoms with Gasteiger partial charge in [0.1, 0.15) is 0 Å². The summed E-state index contributed by atoms with van der Waals surface area (Å²) in [6, 6.07) is 1.87. The normalized spacial score (nSPS) is 9.83. The van der Waals surface area contributed by atoms with Crippen molar-refractivity contribution in [3.63, 3.8) is 0 Å². The number of H-pyrrole nitrogens is 1. The summed E-state index contributed by atoms with van der Waals surface area (Å²) < 4.78 is 0. The third-order valence-corrected chi connectivity index (χ3v) is 1.41. The zero-order valence-corrected chi connectivity index (χ0v) is 6.92. The first-order chi connectivity index (χ1) is 5.72. The first-order valence-electron chi connectivity index (χ1n) is 3.70. The van der Waals surface area contributed by atoms with Crippen LogP contribution in [0.2, 0.25) is 0 Å². The summed E-state index contributed by atoms with van der Waals surface area (Å²) >= 11 is 0. The van der Waals surface area contributed by atoms with E-state index in [9.17, 15) is 4.79 Å². The van der Waals surface area contributed by atoms with E-state index < -0.39 is 0 Å². The maximum atomic E-state index is 10.7. The molecule has 0 saturated carbocycles. The number of nitrogens with two attached hydrogens (primary N) is 1. The molecule has 1 rings (SSSR count). The fourth-order valence-electron chi connectivity index (χ4n) is 0.826. The van der Waals surface area contributed by atoms with E-state index in [4.69, 9.17) is 5.73 Å². The molecule has 0 aliphatic carbocycles. The van der Waals surface area contributed by atoms with Crippen LogP contribution in [0.3, 0.4) is 0 Å². The molecule has 1 amide bonds. The van der Waals surface area contributed by atoms with Crippen molar-refractivity contribution in [2.24, 2.45) is 5.73 Å². The Morgan fingerprint density at radius 1 is 1.83 bits per heavy atom. The highest BCUT2D eigenvalue weighted by atomic mass is 16.1. The molecule has 5 heteroatoms. The Morgan fingerprint density at radius 2 is 2.58 bits per heavy atom. The first-order valence-corrected chi connectivity index (χ1v) is 3.70. The van der Waals surface area contributed by atoms with Crippen molar-refractivity contribution in [3.8, 4) is 0 Å². The molecule has 4 N–H and O–H groups in total. The van der Waals surface area contributed by atoms with Crippen LogP contribution in [-0.2, 0) is 11.3 Å². The molecule has 1 aromatic rings. The standard InChI is InChI=1S/C7H12N4O/c1-5-2-6(11-10-5)4-9-7(12)3-8/h2H,3-4,8H2,1H3,(H,9,12)(H,10,11). The number of carbonyl (C=O) groups is 1. The summed E-state index contributed by atoms with van der Waals surface area (Å²) in [5.74, 6) is -0.171. The molecule has 0 saturated heterocycles. The van der Waals surface area contributed by atoms with E-state index in [0.29, 0.717) is 6.54 Å². The largest absolute Gasteiger partial charge is 0.349 e. The summed E-state index contributed by atoms with van der Waals surface area (Å²) in [4.78, 5) is 10.7.